The number of carboxylic acids is 1. The SMILES string of the molecule is CCCCCCCCCCCCN(CCC(=O)O)C(C)C. The lowest BCUT2D eigenvalue weighted by molar-refractivity contribution is -0.137. The van der Waals surface area contributed by atoms with Crippen LogP contribution in [0.3, 0.4) is 0 Å². The maximum atomic E-state index is 10.6. The molecule has 0 aromatic rings. The van der Waals surface area contributed by atoms with E-state index in [1.54, 1.807) is 0 Å². The summed E-state index contributed by atoms with van der Waals surface area (Å²) >= 11 is 0. The van der Waals surface area contributed by atoms with E-state index in [9.17, 15) is 4.79 Å². The summed E-state index contributed by atoms with van der Waals surface area (Å²) in [5.74, 6) is -0.691. The van der Waals surface area contributed by atoms with E-state index in [4.69, 9.17) is 5.11 Å². The van der Waals surface area contributed by atoms with Crippen LogP contribution in [0.4, 0.5) is 0 Å². The number of rotatable bonds is 15. The first kappa shape index (κ1) is 20.4. The Morgan fingerprint density at radius 3 is 1.76 bits per heavy atom. The third kappa shape index (κ3) is 14.1. The fourth-order valence-corrected chi connectivity index (χ4v) is 2.67. The van der Waals surface area contributed by atoms with E-state index < -0.39 is 5.97 Å². The minimum atomic E-state index is -0.691. The van der Waals surface area contributed by atoms with Crippen LogP contribution in [0.15, 0.2) is 0 Å². The summed E-state index contributed by atoms with van der Waals surface area (Å²) in [6, 6.07) is 0.447. The van der Waals surface area contributed by atoms with Gasteiger partial charge in [0.05, 0.1) is 6.42 Å². The van der Waals surface area contributed by atoms with Crippen molar-refractivity contribution in [2.24, 2.45) is 0 Å². The van der Waals surface area contributed by atoms with Crippen LogP contribution in [-0.4, -0.2) is 35.1 Å². The van der Waals surface area contributed by atoms with Crippen LogP contribution >= 0.6 is 0 Å². The van der Waals surface area contributed by atoms with E-state index in [2.05, 4.69) is 25.7 Å². The molecular formula is C18H37NO2. The molecule has 0 rings (SSSR count). The Hall–Kier alpha value is -0.570. The number of aliphatic carboxylic acids is 1. The van der Waals surface area contributed by atoms with E-state index in [1.165, 1.54) is 64.2 Å². The molecule has 0 aliphatic heterocycles. The van der Waals surface area contributed by atoms with Crippen LogP contribution in [0.1, 0.15) is 91.4 Å². The van der Waals surface area contributed by atoms with Gasteiger partial charge >= 0.3 is 5.97 Å². The van der Waals surface area contributed by atoms with E-state index in [0.29, 0.717) is 12.6 Å². The van der Waals surface area contributed by atoms with Gasteiger partial charge in [0, 0.05) is 12.6 Å². The van der Waals surface area contributed by atoms with Gasteiger partial charge in [-0.25, -0.2) is 0 Å². The summed E-state index contributed by atoms with van der Waals surface area (Å²) in [5.41, 5.74) is 0. The van der Waals surface area contributed by atoms with Crippen molar-refractivity contribution in [1.82, 2.24) is 4.90 Å². The van der Waals surface area contributed by atoms with Crippen LogP contribution in [0.5, 0.6) is 0 Å². The Balaban J connectivity index is 3.43. The predicted molar refractivity (Wildman–Crippen MR) is 90.8 cm³/mol. The zero-order valence-corrected chi connectivity index (χ0v) is 14.6. The molecule has 0 atom stereocenters. The summed E-state index contributed by atoms with van der Waals surface area (Å²) in [6.07, 6.45) is 13.8. The molecule has 0 heterocycles. The van der Waals surface area contributed by atoms with Crippen molar-refractivity contribution < 1.29 is 9.90 Å². The van der Waals surface area contributed by atoms with Gasteiger partial charge in [0.15, 0.2) is 0 Å². The zero-order chi connectivity index (χ0) is 15.9. The number of nitrogens with zero attached hydrogens (tertiary/aromatic N) is 1. The minimum Gasteiger partial charge on any atom is -0.481 e. The second kappa shape index (κ2) is 14.4. The standard InChI is InChI=1S/C18H37NO2/c1-4-5-6-7-8-9-10-11-12-13-15-19(17(2)3)16-14-18(20)21/h17H,4-16H2,1-3H3,(H,20,21). The first-order valence-electron chi connectivity index (χ1n) is 9.03. The number of hydrogen-bond acceptors (Lipinski definition) is 2. The lowest BCUT2D eigenvalue weighted by atomic mass is 10.1. The first-order valence-corrected chi connectivity index (χ1v) is 9.03. The Morgan fingerprint density at radius 1 is 0.857 bits per heavy atom. The Labute approximate surface area is 132 Å². The Bertz CT molecular complexity index is 241. The Morgan fingerprint density at radius 2 is 1.33 bits per heavy atom. The van der Waals surface area contributed by atoms with Crippen molar-refractivity contribution in [2.45, 2.75) is 97.4 Å². The molecule has 0 spiro atoms. The first-order chi connectivity index (χ1) is 10.1. The molecule has 0 fully saturated rings. The molecule has 0 aliphatic rings. The van der Waals surface area contributed by atoms with E-state index in [1.807, 2.05) is 0 Å². The fourth-order valence-electron chi connectivity index (χ4n) is 2.67. The molecule has 0 aromatic heterocycles. The third-order valence-corrected chi connectivity index (χ3v) is 4.14. The van der Waals surface area contributed by atoms with Crippen molar-refractivity contribution in [2.75, 3.05) is 13.1 Å². The molecule has 21 heavy (non-hydrogen) atoms. The molecule has 3 nitrogen and oxygen atoms in total. The van der Waals surface area contributed by atoms with Gasteiger partial charge in [-0.1, -0.05) is 64.7 Å². The lowest BCUT2D eigenvalue weighted by Crippen LogP contribution is -2.33. The lowest BCUT2D eigenvalue weighted by Gasteiger charge is -2.25. The zero-order valence-electron chi connectivity index (χ0n) is 14.6. The van der Waals surface area contributed by atoms with Gasteiger partial charge in [-0.15, -0.1) is 0 Å². The normalized spacial score (nSPS) is 11.5. The maximum Gasteiger partial charge on any atom is 0.304 e. The highest BCUT2D eigenvalue weighted by atomic mass is 16.4. The highest BCUT2D eigenvalue weighted by Crippen LogP contribution is 2.11. The van der Waals surface area contributed by atoms with Crippen molar-refractivity contribution in [3.8, 4) is 0 Å². The largest absolute Gasteiger partial charge is 0.481 e. The molecule has 0 radical (unpaired) electrons. The maximum absolute atomic E-state index is 10.6. The van der Waals surface area contributed by atoms with Gasteiger partial charge in [-0.05, 0) is 26.8 Å². The van der Waals surface area contributed by atoms with Crippen LogP contribution in [0.2, 0.25) is 0 Å². The molecule has 3 heteroatoms. The van der Waals surface area contributed by atoms with Gasteiger partial charge in [-0.3, -0.25) is 4.79 Å². The van der Waals surface area contributed by atoms with Crippen molar-refractivity contribution in [3.05, 3.63) is 0 Å². The molecular weight excluding hydrogens is 262 g/mol. The number of carboxylic acid groups (broad SMARTS) is 1. The highest BCUT2D eigenvalue weighted by Gasteiger charge is 2.10. The molecule has 0 bridgehead atoms. The average molecular weight is 299 g/mol. The summed E-state index contributed by atoms with van der Waals surface area (Å²) < 4.78 is 0. The van der Waals surface area contributed by atoms with Crippen molar-refractivity contribution >= 4 is 5.97 Å². The molecule has 0 aromatic carbocycles. The Kier molecular flexibility index (Phi) is 14.0. The van der Waals surface area contributed by atoms with Gasteiger partial charge in [0.2, 0.25) is 0 Å². The van der Waals surface area contributed by atoms with Crippen molar-refractivity contribution in [3.63, 3.8) is 0 Å². The number of hydrogen-bond donors (Lipinski definition) is 1. The van der Waals surface area contributed by atoms with Gasteiger partial charge in [-0.2, -0.15) is 0 Å². The smallest absolute Gasteiger partial charge is 0.304 e. The summed E-state index contributed by atoms with van der Waals surface area (Å²) in [5, 5.41) is 8.76. The predicted octanol–water partition coefficient (Wildman–Crippen LogP) is 5.09. The topological polar surface area (TPSA) is 40.5 Å². The third-order valence-electron chi connectivity index (χ3n) is 4.14. The van der Waals surface area contributed by atoms with Gasteiger partial charge in [0.1, 0.15) is 0 Å². The molecule has 1 N–H and O–H groups in total. The summed E-state index contributed by atoms with van der Waals surface area (Å²) in [6.45, 7) is 8.29. The monoisotopic (exact) mass is 299 g/mol. The van der Waals surface area contributed by atoms with Crippen molar-refractivity contribution in [1.29, 1.82) is 0 Å². The quantitative estimate of drug-likeness (QED) is 0.428. The van der Waals surface area contributed by atoms with Crippen LogP contribution < -0.4 is 0 Å². The van der Waals surface area contributed by atoms with Gasteiger partial charge < -0.3 is 10.0 Å². The second-order valence-corrected chi connectivity index (χ2v) is 6.46. The second-order valence-electron chi connectivity index (χ2n) is 6.46. The summed E-state index contributed by atoms with van der Waals surface area (Å²) in [4.78, 5) is 12.9. The molecule has 0 aliphatic carbocycles. The van der Waals surface area contributed by atoms with E-state index in [0.717, 1.165) is 6.54 Å². The molecule has 0 saturated carbocycles. The van der Waals surface area contributed by atoms with Crippen LogP contribution in [-0.2, 0) is 4.79 Å². The molecule has 0 amide bonds. The summed E-state index contributed by atoms with van der Waals surface area (Å²) in [7, 11) is 0. The average Bonchev–Trinajstić information content (AvgIpc) is 2.43. The van der Waals surface area contributed by atoms with Crippen LogP contribution in [0.25, 0.3) is 0 Å². The highest BCUT2D eigenvalue weighted by molar-refractivity contribution is 5.66. The number of unbranched alkanes of at least 4 members (excludes halogenated alkanes) is 9. The van der Waals surface area contributed by atoms with Gasteiger partial charge in [0.25, 0.3) is 0 Å². The molecule has 0 saturated heterocycles. The molecule has 126 valence electrons. The van der Waals surface area contributed by atoms with E-state index >= 15 is 0 Å². The van der Waals surface area contributed by atoms with Crippen LogP contribution in [0, 0.1) is 0 Å². The number of carbonyl (C=O) groups is 1. The fraction of sp³-hybridized carbons (Fsp3) is 0.944. The minimum absolute atomic E-state index is 0.260. The molecule has 0 unspecified atom stereocenters. The van der Waals surface area contributed by atoms with E-state index in [-0.39, 0.29) is 6.42 Å².